The molecule has 0 unspecified atom stereocenters. The first-order valence-corrected chi connectivity index (χ1v) is 9.55. The number of aromatic nitrogens is 1. The molecule has 1 amide bonds. The van der Waals surface area contributed by atoms with Crippen molar-refractivity contribution >= 4 is 40.2 Å². The van der Waals surface area contributed by atoms with Crippen molar-refractivity contribution in [3.05, 3.63) is 47.0 Å². The molecule has 0 N–H and O–H groups in total. The molecule has 6 heteroatoms. The highest BCUT2D eigenvalue weighted by atomic mass is 32.2. The molecule has 118 valence electrons. The minimum atomic E-state index is 0.135. The van der Waals surface area contributed by atoms with E-state index < -0.39 is 0 Å². The maximum Gasteiger partial charge on any atom is 0.253 e. The largest absolute Gasteiger partial charge is 0.345 e. The Balaban J connectivity index is 1.45. The second kappa shape index (κ2) is 6.37. The Morgan fingerprint density at radius 2 is 2.04 bits per heavy atom. The van der Waals surface area contributed by atoms with Crippen molar-refractivity contribution in [2.24, 2.45) is 0 Å². The lowest BCUT2D eigenvalue weighted by atomic mass is 10.1. The third kappa shape index (κ3) is 3.01. The number of carbonyl (C=O) groups is 1. The summed E-state index contributed by atoms with van der Waals surface area (Å²) in [5.74, 6) is 1.15. The molecular formula is C17H17N3OS2. The van der Waals surface area contributed by atoms with Crippen LogP contribution in [0, 0.1) is 0 Å². The molecule has 0 saturated carbocycles. The molecular weight excluding hydrogens is 326 g/mol. The van der Waals surface area contributed by atoms with E-state index in [1.54, 1.807) is 11.3 Å². The highest BCUT2D eigenvalue weighted by Gasteiger charge is 2.23. The maximum absolute atomic E-state index is 12.7. The van der Waals surface area contributed by atoms with Crippen LogP contribution in [0.4, 0.5) is 5.13 Å². The number of hydrogen-bond donors (Lipinski definition) is 0. The number of carbonyl (C=O) groups excluding carboxylic acids is 1. The van der Waals surface area contributed by atoms with Crippen molar-refractivity contribution < 1.29 is 4.79 Å². The predicted molar refractivity (Wildman–Crippen MR) is 96.4 cm³/mol. The SMILES string of the molecule is O=C(c1ccc2c(c1)C=CCS2)N1CCN(c2nccs2)CC1. The summed E-state index contributed by atoms with van der Waals surface area (Å²) in [6.45, 7) is 3.19. The summed E-state index contributed by atoms with van der Waals surface area (Å²) < 4.78 is 0. The number of thioether (sulfide) groups is 1. The van der Waals surface area contributed by atoms with Crippen LogP contribution >= 0.6 is 23.1 Å². The van der Waals surface area contributed by atoms with Crippen LogP contribution in [-0.4, -0.2) is 47.7 Å². The molecule has 0 bridgehead atoms. The van der Waals surface area contributed by atoms with Gasteiger partial charge in [0.25, 0.3) is 5.91 Å². The van der Waals surface area contributed by atoms with Gasteiger partial charge in [0.15, 0.2) is 5.13 Å². The van der Waals surface area contributed by atoms with Crippen molar-refractivity contribution in [3.63, 3.8) is 0 Å². The van der Waals surface area contributed by atoms with Crippen molar-refractivity contribution in [2.45, 2.75) is 4.90 Å². The second-order valence-corrected chi connectivity index (χ2v) is 7.49. The van der Waals surface area contributed by atoms with Crippen LogP contribution in [0.1, 0.15) is 15.9 Å². The number of piperazine rings is 1. The lowest BCUT2D eigenvalue weighted by Crippen LogP contribution is -2.48. The van der Waals surface area contributed by atoms with E-state index in [0.717, 1.165) is 48.2 Å². The highest BCUT2D eigenvalue weighted by Crippen LogP contribution is 2.29. The van der Waals surface area contributed by atoms with E-state index in [4.69, 9.17) is 0 Å². The van der Waals surface area contributed by atoms with Gasteiger partial charge in [-0.1, -0.05) is 12.2 Å². The fourth-order valence-corrected chi connectivity index (χ4v) is 4.44. The van der Waals surface area contributed by atoms with Crippen LogP contribution < -0.4 is 4.90 Å². The Hall–Kier alpha value is -1.79. The molecule has 1 fully saturated rings. The maximum atomic E-state index is 12.7. The molecule has 0 radical (unpaired) electrons. The Labute approximate surface area is 143 Å². The number of nitrogens with zero attached hydrogens (tertiary/aromatic N) is 3. The third-order valence-electron chi connectivity index (χ3n) is 4.15. The normalized spacial score (nSPS) is 17.2. The fraction of sp³-hybridized carbons (Fsp3) is 0.294. The zero-order valence-corrected chi connectivity index (χ0v) is 14.3. The number of amides is 1. The minimum Gasteiger partial charge on any atom is -0.345 e. The van der Waals surface area contributed by atoms with Crippen molar-refractivity contribution in [3.8, 4) is 0 Å². The van der Waals surface area contributed by atoms with Gasteiger partial charge in [0.05, 0.1) is 0 Å². The Morgan fingerprint density at radius 3 is 2.83 bits per heavy atom. The first-order valence-electron chi connectivity index (χ1n) is 7.68. The quantitative estimate of drug-likeness (QED) is 0.839. The molecule has 3 heterocycles. The molecule has 4 rings (SSSR count). The number of rotatable bonds is 2. The molecule has 0 spiro atoms. The van der Waals surface area contributed by atoms with E-state index in [2.05, 4.69) is 28.1 Å². The predicted octanol–water partition coefficient (Wildman–Crippen LogP) is 3.22. The minimum absolute atomic E-state index is 0.135. The monoisotopic (exact) mass is 343 g/mol. The van der Waals surface area contributed by atoms with Crippen LogP contribution in [0.25, 0.3) is 6.08 Å². The number of hydrogen-bond acceptors (Lipinski definition) is 5. The molecule has 1 saturated heterocycles. The Kier molecular flexibility index (Phi) is 4.10. The fourth-order valence-electron chi connectivity index (χ4n) is 2.91. The van der Waals surface area contributed by atoms with Gasteiger partial charge in [0.2, 0.25) is 0 Å². The van der Waals surface area contributed by atoms with Crippen LogP contribution in [0.15, 0.2) is 40.7 Å². The standard InChI is InChI=1S/C17H17N3OS2/c21-16(14-3-4-15-13(12-14)2-1-10-22-15)19-6-8-20(9-7-19)17-18-5-11-23-17/h1-5,11-12H,6-10H2. The van der Waals surface area contributed by atoms with Crippen molar-refractivity contribution in [1.82, 2.24) is 9.88 Å². The van der Waals surface area contributed by atoms with Gasteiger partial charge in [-0.05, 0) is 23.8 Å². The van der Waals surface area contributed by atoms with Crippen LogP contribution in [0.3, 0.4) is 0 Å². The molecule has 23 heavy (non-hydrogen) atoms. The number of fused-ring (bicyclic) bond motifs is 1. The summed E-state index contributed by atoms with van der Waals surface area (Å²) in [7, 11) is 0. The van der Waals surface area contributed by atoms with Gasteiger partial charge in [-0.25, -0.2) is 4.98 Å². The molecule has 2 aliphatic rings. The number of benzene rings is 1. The second-order valence-electron chi connectivity index (χ2n) is 5.56. The third-order valence-corrected chi connectivity index (χ3v) is 6.02. The molecule has 0 aliphatic carbocycles. The number of thiazole rings is 1. The number of anilines is 1. The van der Waals surface area contributed by atoms with E-state index >= 15 is 0 Å². The van der Waals surface area contributed by atoms with Gasteiger partial charge in [-0.3, -0.25) is 4.79 Å². The zero-order chi connectivity index (χ0) is 15.6. The van der Waals surface area contributed by atoms with Gasteiger partial charge < -0.3 is 9.80 Å². The first-order chi connectivity index (χ1) is 11.3. The van der Waals surface area contributed by atoms with Gasteiger partial charge in [-0.15, -0.1) is 23.1 Å². The van der Waals surface area contributed by atoms with Gasteiger partial charge >= 0.3 is 0 Å². The lowest BCUT2D eigenvalue weighted by Gasteiger charge is -2.34. The summed E-state index contributed by atoms with van der Waals surface area (Å²) in [4.78, 5) is 22.6. The zero-order valence-electron chi connectivity index (χ0n) is 12.6. The van der Waals surface area contributed by atoms with E-state index in [9.17, 15) is 4.79 Å². The van der Waals surface area contributed by atoms with Crippen molar-refractivity contribution in [1.29, 1.82) is 0 Å². The molecule has 0 atom stereocenters. The molecule has 2 aromatic rings. The summed E-state index contributed by atoms with van der Waals surface area (Å²) in [5, 5.41) is 3.04. The summed E-state index contributed by atoms with van der Waals surface area (Å²) in [6.07, 6.45) is 6.09. The van der Waals surface area contributed by atoms with Crippen LogP contribution in [-0.2, 0) is 0 Å². The summed E-state index contributed by atoms with van der Waals surface area (Å²) in [6, 6.07) is 6.05. The molecule has 1 aromatic heterocycles. The highest BCUT2D eigenvalue weighted by molar-refractivity contribution is 7.99. The molecule has 4 nitrogen and oxygen atoms in total. The van der Waals surface area contributed by atoms with E-state index in [1.165, 1.54) is 4.90 Å². The lowest BCUT2D eigenvalue weighted by molar-refractivity contribution is 0.0746. The van der Waals surface area contributed by atoms with Crippen LogP contribution in [0.2, 0.25) is 0 Å². The van der Waals surface area contributed by atoms with Gasteiger partial charge in [0.1, 0.15) is 0 Å². The Morgan fingerprint density at radius 1 is 1.17 bits per heavy atom. The molecule has 1 aromatic carbocycles. The Bertz CT molecular complexity index is 734. The van der Waals surface area contributed by atoms with E-state index in [0.29, 0.717) is 0 Å². The van der Waals surface area contributed by atoms with E-state index in [1.807, 2.05) is 40.4 Å². The summed E-state index contributed by atoms with van der Waals surface area (Å²) >= 11 is 3.47. The topological polar surface area (TPSA) is 36.4 Å². The van der Waals surface area contributed by atoms with Crippen molar-refractivity contribution in [2.75, 3.05) is 36.8 Å². The van der Waals surface area contributed by atoms with Gasteiger partial charge in [0, 0.05) is 54.0 Å². The van der Waals surface area contributed by atoms with E-state index in [-0.39, 0.29) is 5.91 Å². The smallest absolute Gasteiger partial charge is 0.253 e. The molecule has 2 aliphatic heterocycles. The average Bonchev–Trinajstić information content (AvgIpc) is 3.15. The van der Waals surface area contributed by atoms with Crippen LogP contribution in [0.5, 0.6) is 0 Å². The van der Waals surface area contributed by atoms with Gasteiger partial charge in [-0.2, -0.15) is 0 Å². The first kappa shape index (κ1) is 14.8. The average molecular weight is 343 g/mol. The summed E-state index contributed by atoms with van der Waals surface area (Å²) in [5.41, 5.74) is 1.95.